The number of hydrogen-bond acceptors (Lipinski definition) is 3. The topological polar surface area (TPSA) is 42.5 Å². The maximum atomic E-state index is 5.65. The molecule has 2 aromatic rings. The number of ether oxygens (including phenoxy) is 2. The smallest absolute Gasteiger partial charge is 0.171 e. The summed E-state index contributed by atoms with van der Waals surface area (Å²) in [5.74, 6) is 1.72. The minimum absolute atomic E-state index is 0.217. The average Bonchev–Trinajstić information content (AvgIpc) is 2.63. The Labute approximate surface area is 154 Å². The lowest BCUT2D eigenvalue weighted by molar-refractivity contribution is 0.342. The van der Waals surface area contributed by atoms with Crippen LogP contribution in [0, 0.1) is 0 Å². The highest BCUT2D eigenvalue weighted by Crippen LogP contribution is 2.32. The third-order valence-electron chi connectivity index (χ3n) is 4.40. The van der Waals surface area contributed by atoms with Crippen molar-refractivity contribution in [3.63, 3.8) is 0 Å². The van der Waals surface area contributed by atoms with Crippen LogP contribution in [-0.2, 0) is 6.42 Å². The van der Waals surface area contributed by atoms with Gasteiger partial charge in [0.15, 0.2) is 5.11 Å². The first-order chi connectivity index (χ1) is 12.2. The van der Waals surface area contributed by atoms with Gasteiger partial charge in [-0.1, -0.05) is 18.2 Å². The maximum Gasteiger partial charge on any atom is 0.171 e. The minimum atomic E-state index is 0.217. The van der Waals surface area contributed by atoms with Crippen molar-refractivity contribution in [2.24, 2.45) is 0 Å². The van der Waals surface area contributed by atoms with Crippen LogP contribution in [0.1, 0.15) is 36.9 Å². The molecule has 0 fully saturated rings. The summed E-state index contributed by atoms with van der Waals surface area (Å²) in [6.07, 6.45) is 3.28. The van der Waals surface area contributed by atoms with Crippen molar-refractivity contribution in [2.45, 2.75) is 32.2 Å². The normalized spacial score (nSPS) is 15.8. The van der Waals surface area contributed by atoms with Gasteiger partial charge in [0.25, 0.3) is 0 Å². The van der Waals surface area contributed by atoms with E-state index in [1.54, 1.807) is 7.11 Å². The van der Waals surface area contributed by atoms with Gasteiger partial charge in [0.2, 0.25) is 0 Å². The van der Waals surface area contributed by atoms with Crippen molar-refractivity contribution in [1.82, 2.24) is 5.32 Å². The molecular weight excluding hydrogens is 332 g/mol. The van der Waals surface area contributed by atoms with Crippen molar-refractivity contribution in [3.8, 4) is 11.5 Å². The van der Waals surface area contributed by atoms with Crippen molar-refractivity contribution in [2.75, 3.05) is 19.0 Å². The monoisotopic (exact) mass is 356 g/mol. The largest absolute Gasteiger partial charge is 0.497 e. The van der Waals surface area contributed by atoms with Crippen LogP contribution in [0.2, 0.25) is 0 Å². The second-order valence-electron chi connectivity index (χ2n) is 6.04. The Morgan fingerprint density at radius 2 is 2.08 bits per heavy atom. The molecule has 1 atom stereocenters. The lowest BCUT2D eigenvalue weighted by atomic mass is 9.87. The molecule has 0 aromatic heterocycles. The van der Waals surface area contributed by atoms with E-state index < -0.39 is 0 Å². The predicted molar refractivity (Wildman–Crippen MR) is 106 cm³/mol. The standard InChI is InChI=1S/C20H24N2O2S/c1-3-24-19-10-5-4-8-18(19)22-20(25)21-17-9-6-7-14-13-15(23-2)11-12-16(14)17/h4-5,8,10-13,17H,3,6-7,9H2,1-2H3,(H2,21,22,25)/t17-/m0/s1. The molecule has 0 heterocycles. The number of hydrogen-bond donors (Lipinski definition) is 2. The highest BCUT2D eigenvalue weighted by Gasteiger charge is 2.21. The molecule has 5 heteroatoms. The molecule has 0 spiro atoms. The zero-order chi connectivity index (χ0) is 17.6. The van der Waals surface area contributed by atoms with Crippen molar-refractivity contribution in [3.05, 3.63) is 53.6 Å². The molecule has 1 aliphatic carbocycles. The Hall–Kier alpha value is -2.27. The Balaban J connectivity index is 1.70. The summed E-state index contributed by atoms with van der Waals surface area (Å²) in [4.78, 5) is 0. The first kappa shape index (κ1) is 17.5. The number of thiocarbonyl (C=S) groups is 1. The van der Waals surface area contributed by atoms with Crippen LogP contribution in [0.15, 0.2) is 42.5 Å². The summed E-state index contributed by atoms with van der Waals surface area (Å²) in [5.41, 5.74) is 3.52. The summed E-state index contributed by atoms with van der Waals surface area (Å²) in [7, 11) is 1.70. The molecule has 3 rings (SSSR count). The molecular formula is C20H24N2O2S. The van der Waals surface area contributed by atoms with E-state index >= 15 is 0 Å². The van der Waals surface area contributed by atoms with Gasteiger partial charge in [-0.3, -0.25) is 0 Å². The second kappa shape index (κ2) is 8.21. The van der Waals surface area contributed by atoms with Crippen molar-refractivity contribution >= 4 is 23.0 Å². The first-order valence-corrected chi connectivity index (χ1v) is 9.08. The van der Waals surface area contributed by atoms with E-state index in [1.807, 2.05) is 37.3 Å². The van der Waals surface area contributed by atoms with Gasteiger partial charge in [-0.05, 0) is 73.8 Å². The number of methoxy groups -OCH3 is 1. The van der Waals surface area contributed by atoms with E-state index in [0.29, 0.717) is 11.7 Å². The van der Waals surface area contributed by atoms with Crippen LogP contribution in [0.3, 0.4) is 0 Å². The Bertz CT molecular complexity index is 748. The fraction of sp³-hybridized carbons (Fsp3) is 0.350. The van der Waals surface area contributed by atoms with Gasteiger partial charge in [-0.15, -0.1) is 0 Å². The molecule has 2 N–H and O–H groups in total. The summed E-state index contributed by atoms with van der Waals surface area (Å²) >= 11 is 5.54. The summed E-state index contributed by atoms with van der Waals surface area (Å²) in [6, 6.07) is 14.3. The van der Waals surface area contributed by atoms with E-state index in [9.17, 15) is 0 Å². The van der Waals surface area contributed by atoms with Gasteiger partial charge in [-0.25, -0.2) is 0 Å². The SMILES string of the molecule is CCOc1ccccc1NC(=S)N[C@H]1CCCc2cc(OC)ccc21. The maximum absolute atomic E-state index is 5.65. The van der Waals surface area contributed by atoms with Crippen molar-refractivity contribution < 1.29 is 9.47 Å². The second-order valence-corrected chi connectivity index (χ2v) is 6.45. The molecule has 0 radical (unpaired) electrons. The van der Waals surface area contributed by atoms with E-state index in [2.05, 4.69) is 22.8 Å². The summed E-state index contributed by atoms with van der Waals surface area (Å²) in [6.45, 7) is 2.59. The van der Waals surface area contributed by atoms with Crippen LogP contribution < -0.4 is 20.1 Å². The van der Waals surface area contributed by atoms with Gasteiger partial charge in [0, 0.05) is 0 Å². The van der Waals surface area contributed by atoms with Crippen molar-refractivity contribution in [1.29, 1.82) is 0 Å². The van der Waals surface area contributed by atoms with Crippen LogP contribution in [0.25, 0.3) is 0 Å². The van der Waals surface area contributed by atoms with E-state index in [4.69, 9.17) is 21.7 Å². The first-order valence-electron chi connectivity index (χ1n) is 8.67. The zero-order valence-electron chi connectivity index (χ0n) is 14.7. The highest BCUT2D eigenvalue weighted by molar-refractivity contribution is 7.80. The minimum Gasteiger partial charge on any atom is -0.497 e. The number of rotatable bonds is 5. The lowest BCUT2D eigenvalue weighted by Gasteiger charge is -2.28. The number of anilines is 1. The Morgan fingerprint density at radius 1 is 1.24 bits per heavy atom. The number of para-hydroxylation sites is 2. The van der Waals surface area contributed by atoms with E-state index in [1.165, 1.54) is 11.1 Å². The quantitative estimate of drug-likeness (QED) is 0.775. The van der Waals surface area contributed by atoms with Crippen LogP contribution in [0.5, 0.6) is 11.5 Å². The number of aryl methyl sites for hydroxylation is 1. The molecule has 0 aliphatic heterocycles. The molecule has 25 heavy (non-hydrogen) atoms. The predicted octanol–water partition coefficient (Wildman–Crippen LogP) is 4.46. The van der Waals surface area contributed by atoms with Gasteiger partial charge in [0.05, 0.1) is 25.4 Å². The highest BCUT2D eigenvalue weighted by atomic mass is 32.1. The average molecular weight is 356 g/mol. The molecule has 132 valence electrons. The zero-order valence-corrected chi connectivity index (χ0v) is 15.5. The Morgan fingerprint density at radius 3 is 2.88 bits per heavy atom. The van der Waals surface area contributed by atoms with Crippen LogP contribution in [-0.4, -0.2) is 18.8 Å². The summed E-state index contributed by atoms with van der Waals surface area (Å²) in [5, 5.41) is 7.33. The molecule has 0 saturated heterocycles. The van der Waals surface area contributed by atoms with Gasteiger partial charge in [-0.2, -0.15) is 0 Å². The van der Waals surface area contributed by atoms with Gasteiger partial charge < -0.3 is 20.1 Å². The molecule has 0 unspecified atom stereocenters. The van der Waals surface area contributed by atoms with E-state index in [0.717, 1.165) is 36.4 Å². The van der Waals surface area contributed by atoms with Gasteiger partial charge in [0.1, 0.15) is 11.5 Å². The van der Waals surface area contributed by atoms with Crippen LogP contribution >= 0.6 is 12.2 Å². The fourth-order valence-electron chi connectivity index (χ4n) is 3.24. The van der Waals surface area contributed by atoms with E-state index in [-0.39, 0.29) is 6.04 Å². The lowest BCUT2D eigenvalue weighted by Crippen LogP contribution is -2.34. The van der Waals surface area contributed by atoms with Gasteiger partial charge >= 0.3 is 0 Å². The number of fused-ring (bicyclic) bond motifs is 1. The fourth-order valence-corrected chi connectivity index (χ4v) is 3.49. The van der Waals surface area contributed by atoms with Crippen LogP contribution in [0.4, 0.5) is 5.69 Å². The third kappa shape index (κ3) is 4.23. The molecule has 4 nitrogen and oxygen atoms in total. The molecule has 2 aromatic carbocycles. The molecule has 0 amide bonds. The molecule has 0 bridgehead atoms. The number of benzene rings is 2. The number of nitrogens with one attached hydrogen (secondary N) is 2. The molecule has 0 saturated carbocycles. The summed E-state index contributed by atoms with van der Waals surface area (Å²) < 4.78 is 11.0. The Kier molecular flexibility index (Phi) is 5.76. The third-order valence-corrected chi connectivity index (χ3v) is 4.62. The molecule has 1 aliphatic rings.